The van der Waals surface area contributed by atoms with E-state index in [1.807, 2.05) is 12.1 Å². The minimum atomic E-state index is -0.261. The fourth-order valence-corrected chi connectivity index (χ4v) is 4.12. The Hall–Kier alpha value is -3.45. The minimum absolute atomic E-state index is 0.261. The third-order valence-corrected chi connectivity index (χ3v) is 5.91. The van der Waals surface area contributed by atoms with Crippen molar-refractivity contribution in [3.05, 3.63) is 89.8 Å². The summed E-state index contributed by atoms with van der Waals surface area (Å²) in [6.45, 7) is 0.334. The van der Waals surface area contributed by atoms with E-state index in [1.54, 1.807) is 36.3 Å². The third kappa shape index (κ3) is 5.19. The van der Waals surface area contributed by atoms with Gasteiger partial charge in [-0.3, -0.25) is 4.98 Å². The largest absolute Gasteiger partial charge is 0.364 e. The Kier molecular flexibility index (Phi) is 6.74. The van der Waals surface area contributed by atoms with Gasteiger partial charge in [0, 0.05) is 34.3 Å². The van der Waals surface area contributed by atoms with Gasteiger partial charge in [-0.05, 0) is 77.7 Å². The Bertz CT molecular complexity index is 1130. The van der Waals surface area contributed by atoms with Crippen LogP contribution in [0.3, 0.4) is 0 Å². The number of aromatic amines is 1. The highest BCUT2D eigenvalue weighted by atomic mass is 32.2. The van der Waals surface area contributed by atoms with Gasteiger partial charge in [0.2, 0.25) is 0 Å². The van der Waals surface area contributed by atoms with Gasteiger partial charge in [0.05, 0.1) is 5.69 Å². The van der Waals surface area contributed by atoms with Crippen LogP contribution in [-0.4, -0.2) is 22.3 Å². The third-order valence-electron chi connectivity index (χ3n) is 4.81. The number of nitrogens with one attached hydrogen (secondary N) is 1. The summed E-state index contributed by atoms with van der Waals surface area (Å²) in [6.07, 6.45) is 4.28. The van der Waals surface area contributed by atoms with E-state index in [4.69, 9.17) is 0 Å². The number of pyridine rings is 1. The molecule has 4 rings (SSSR count). The normalized spacial score (nSPS) is 10.7. The van der Waals surface area contributed by atoms with Crippen LogP contribution in [0.5, 0.6) is 0 Å². The lowest BCUT2D eigenvalue weighted by Crippen LogP contribution is -1.89. The van der Waals surface area contributed by atoms with E-state index in [0.717, 1.165) is 50.7 Å². The van der Waals surface area contributed by atoms with Crippen LogP contribution in [0.4, 0.5) is 4.39 Å². The van der Waals surface area contributed by atoms with Crippen LogP contribution < -0.4 is 0 Å². The fourth-order valence-electron chi connectivity index (χ4n) is 3.29. The van der Waals surface area contributed by atoms with Crippen molar-refractivity contribution in [1.82, 2.24) is 9.97 Å². The molecule has 0 fully saturated rings. The molecular formula is C24H20FN3O2S. The van der Waals surface area contributed by atoms with E-state index in [1.165, 1.54) is 12.1 Å². The summed E-state index contributed by atoms with van der Waals surface area (Å²) in [5, 5.41) is 2.40. The van der Waals surface area contributed by atoms with Gasteiger partial charge in [-0.1, -0.05) is 12.1 Å². The molecule has 4 aromatic rings. The van der Waals surface area contributed by atoms with E-state index in [9.17, 15) is 9.30 Å². The molecule has 31 heavy (non-hydrogen) atoms. The molecule has 0 unspecified atom stereocenters. The summed E-state index contributed by atoms with van der Waals surface area (Å²) < 4.78 is 13.4. The van der Waals surface area contributed by atoms with Gasteiger partial charge in [0.15, 0.2) is 5.34 Å². The number of hydrogen-bond donors (Lipinski definition) is 1. The molecule has 156 valence electrons. The van der Waals surface area contributed by atoms with Crippen LogP contribution in [0.1, 0.15) is 6.42 Å². The topological polar surface area (TPSA) is 67.3 Å². The smallest absolute Gasteiger partial charge is 0.155 e. The van der Waals surface area contributed by atoms with E-state index in [2.05, 4.69) is 50.5 Å². The van der Waals surface area contributed by atoms with Gasteiger partial charge >= 0.3 is 0 Å². The summed E-state index contributed by atoms with van der Waals surface area (Å²) in [4.78, 5) is 23.2. The first-order valence-corrected chi connectivity index (χ1v) is 10.8. The van der Waals surface area contributed by atoms with Gasteiger partial charge in [-0.15, -0.1) is 16.7 Å². The Morgan fingerprint density at radius 1 is 0.935 bits per heavy atom. The Labute approximate surface area is 183 Å². The predicted molar refractivity (Wildman–Crippen MR) is 122 cm³/mol. The van der Waals surface area contributed by atoms with Crippen molar-refractivity contribution in [2.75, 3.05) is 12.4 Å². The van der Waals surface area contributed by atoms with Gasteiger partial charge < -0.3 is 9.82 Å². The second kappa shape index (κ2) is 10.0. The van der Waals surface area contributed by atoms with Gasteiger partial charge in [0.25, 0.3) is 0 Å². The van der Waals surface area contributed by atoms with Crippen molar-refractivity contribution in [2.45, 2.75) is 11.3 Å². The van der Waals surface area contributed by atoms with Crippen molar-refractivity contribution in [3.8, 4) is 33.6 Å². The summed E-state index contributed by atoms with van der Waals surface area (Å²) in [7, 11) is 0. The lowest BCUT2D eigenvalue weighted by atomic mass is 10.0. The van der Waals surface area contributed by atoms with Crippen molar-refractivity contribution < 1.29 is 9.23 Å². The van der Waals surface area contributed by atoms with Crippen molar-refractivity contribution >= 4 is 11.8 Å². The maximum absolute atomic E-state index is 13.4. The molecule has 7 heteroatoms. The lowest BCUT2D eigenvalue weighted by molar-refractivity contribution is 0.141. The number of H-pyrrole nitrogens is 1. The number of rotatable bonds is 9. The van der Waals surface area contributed by atoms with Crippen molar-refractivity contribution in [3.63, 3.8) is 0 Å². The molecule has 0 bridgehead atoms. The number of nitrogens with zero attached hydrogens (tertiary/aromatic N) is 2. The standard InChI is InChI=1S/C24H20FN3O2S/c25-20-6-2-19(3-7-20)24-22(17-10-12-26-13-11-17)16-23(27-24)18-4-8-21(9-5-18)31-15-1-14-30-28-29/h2-13,16,27H,1,14-15H2. The first kappa shape index (κ1) is 20.8. The molecule has 0 saturated carbocycles. The number of benzene rings is 2. The zero-order chi connectivity index (χ0) is 21.5. The van der Waals surface area contributed by atoms with Crippen LogP contribution in [0.2, 0.25) is 0 Å². The molecule has 0 saturated heterocycles. The van der Waals surface area contributed by atoms with Gasteiger partial charge in [0.1, 0.15) is 12.4 Å². The number of halogens is 1. The average Bonchev–Trinajstić information content (AvgIpc) is 3.26. The lowest BCUT2D eigenvalue weighted by Gasteiger charge is -2.05. The Morgan fingerprint density at radius 3 is 2.35 bits per heavy atom. The zero-order valence-electron chi connectivity index (χ0n) is 16.6. The molecule has 1 N–H and O–H groups in total. The average molecular weight is 434 g/mol. The Balaban J connectivity index is 1.60. The van der Waals surface area contributed by atoms with Crippen LogP contribution >= 0.6 is 11.8 Å². The van der Waals surface area contributed by atoms with Crippen LogP contribution in [0.15, 0.2) is 89.4 Å². The van der Waals surface area contributed by atoms with Crippen molar-refractivity contribution in [2.24, 2.45) is 5.34 Å². The van der Waals surface area contributed by atoms with E-state index >= 15 is 0 Å². The maximum atomic E-state index is 13.4. The highest BCUT2D eigenvalue weighted by Gasteiger charge is 2.13. The molecule has 0 aliphatic carbocycles. The molecule has 0 aliphatic rings. The Morgan fingerprint density at radius 2 is 1.65 bits per heavy atom. The second-order valence-corrected chi connectivity index (χ2v) is 8.02. The molecule has 2 aromatic carbocycles. The number of thioether (sulfide) groups is 1. The predicted octanol–water partition coefficient (Wildman–Crippen LogP) is 6.73. The quantitative estimate of drug-likeness (QED) is 0.138. The molecule has 0 aliphatic heterocycles. The fraction of sp³-hybridized carbons (Fsp3) is 0.125. The van der Waals surface area contributed by atoms with E-state index < -0.39 is 0 Å². The zero-order valence-corrected chi connectivity index (χ0v) is 17.4. The van der Waals surface area contributed by atoms with Crippen molar-refractivity contribution in [1.29, 1.82) is 0 Å². The monoisotopic (exact) mass is 433 g/mol. The van der Waals surface area contributed by atoms with E-state index in [-0.39, 0.29) is 5.82 Å². The molecule has 2 aromatic heterocycles. The SMILES string of the molecule is O=NOCCCSc1ccc(-c2cc(-c3ccncc3)c(-c3ccc(F)cc3)[nH]2)cc1. The maximum Gasteiger partial charge on any atom is 0.155 e. The highest BCUT2D eigenvalue weighted by molar-refractivity contribution is 7.99. The van der Waals surface area contributed by atoms with Crippen LogP contribution in [0.25, 0.3) is 33.6 Å². The molecule has 0 amide bonds. The summed E-state index contributed by atoms with van der Waals surface area (Å²) in [6, 6.07) is 20.8. The summed E-state index contributed by atoms with van der Waals surface area (Å²) >= 11 is 1.70. The molecule has 0 radical (unpaired) electrons. The summed E-state index contributed by atoms with van der Waals surface area (Å²) in [5.74, 6) is 0.584. The van der Waals surface area contributed by atoms with E-state index in [0.29, 0.717) is 6.61 Å². The number of hydrogen-bond acceptors (Lipinski definition) is 5. The van der Waals surface area contributed by atoms with Gasteiger partial charge in [-0.25, -0.2) is 4.39 Å². The number of aromatic nitrogens is 2. The minimum Gasteiger partial charge on any atom is -0.364 e. The van der Waals surface area contributed by atoms with Crippen LogP contribution in [-0.2, 0) is 4.84 Å². The van der Waals surface area contributed by atoms with Gasteiger partial charge in [-0.2, -0.15) is 0 Å². The molecule has 0 spiro atoms. The molecule has 2 heterocycles. The van der Waals surface area contributed by atoms with Crippen LogP contribution in [0, 0.1) is 10.7 Å². The summed E-state index contributed by atoms with van der Waals surface area (Å²) in [5.41, 5.74) is 5.96. The molecule has 5 nitrogen and oxygen atoms in total. The first-order valence-electron chi connectivity index (χ1n) is 9.82. The second-order valence-electron chi connectivity index (χ2n) is 6.85. The first-order chi connectivity index (χ1) is 15.2. The molecular weight excluding hydrogens is 413 g/mol. The molecule has 0 atom stereocenters. The highest BCUT2D eigenvalue weighted by Crippen LogP contribution is 2.36.